The third-order valence-corrected chi connectivity index (χ3v) is 2.93. The summed E-state index contributed by atoms with van der Waals surface area (Å²) >= 11 is 0. The normalized spacial score (nSPS) is 15.1. The van der Waals surface area contributed by atoms with E-state index in [0.29, 0.717) is 12.0 Å². The SMILES string of the molecule is CCCC(=O)c1ccc(F)c(C2CC2)c1O. The number of ketones is 1. The predicted octanol–water partition coefficient (Wildman–Crippen LogP) is 3.39. The van der Waals surface area contributed by atoms with Gasteiger partial charge in [-0.05, 0) is 37.3 Å². The molecule has 2 rings (SSSR count). The van der Waals surface area contributed by atoms with Crippen molar-refractivity contribution in [3.8, 4) is 5.75 Å². The molecule has 1 fully saturated rings. The minimum atomic E-state index is -0.395. The van der Waals surface area contributed by atoms with Crippen LogP contribution in [0.3, 0.4) is 0 Å². The maximum absolute atomic E-state index is 13.5. The molecule has 0 bridgehead atoms. The number of halogens is 1. The van der Waals surface area contributed by atoms with E-state index in [0.717, 1.165) is 19.3 Å². The highest BCUT2D eigenvalue weighted by atomic mass is 19.1. The zero-order chi connectivity index (χ0) is 11.7. The van der Waals surface area contributed by atoms with Gasteiger partial charge in [0.05, 0.1) is 5.56 Å². The van der Waals surface area contributed by atoms with E-state index in [1.54, 1.807) is 0 Å². The highest BCUT2D eigenvalue weighted by Gasteiger charge is 2.31. The number of hydrogen-bond acceptors (Lipinski definition) is 2. The van der Waals surface area contributed by atoms with Crippen LogP contribution in [0.5, 0.6) is 5.75 Å². The zero-order valence-corrected chi connectivity index (χ0v) is 9.29. The number of carbonyl (C=O) groups excluding carboxylic acids is 1. The van der Waals surface area contributed by atoms with Crippen LogP contribution in [0.4, 0.5) is 4.39 Å². The van der Waals surface area contributed by atoms with Gasteiger partial charge in [0.2, 0.25) is 0 Å². The van der Waals surface area contributed by atoms with Gasteiger partial charge in [0.15, 0.2) is 5.78 Å². The Hall–Kier alpha value is -1.38. The monoisotopic (exact) mass is 222 g/mol. The molecule has 1 aliphatic rings. The highest BCUT2D eigenvalue weighted by Crippen LogP contribution is 2.46. The van der Waals surface area contributed by atoms with Crippen LogP contribution in [0.15, 0.2) is 12.1 Å². The number of Topliss-reactive ketones (excluding diaryl/α,β-unsaturated/α-hetero) is 1. The second-order valence-corrected chi connectivity index (χ2v) is 4.30. The van der Waals surface area contributed by atoms with Crippen molar-refractivity contribution in [2.75, 3.05) is 0 Å². The Morgan fingerprint density at radius 3 is 2.75 bits per heavy atom. The van der Waals surface area contributed by atoms with Gasteiger partial charge < -0.3 is 5.11 Å². The number of hydrogen-bond donors (Lipinski definition) is 1. The molecule has 86 valence electrons. The first kappa shape index (κ1) is 11.1. The molecule has 2 nitrogen and oxygen atoms in total. The fraction of sp³-hybridized carbons (Fsp3) is 0.462. The third-order valence-electron chi connectivity index (χ3n) is 2.93. The smallest absolute Gasteiger partial charge is 0.166 e. The molecule has 0 atom stereocenters. The van der Waals surface area contributed by atoms with Gasteiger partial charge in [0.25, 0.3) is 0 Å². The second kappa shape index (κ2) is 4.24. The summed E-state index contributed by atoms with van der Waals surface area (Å²) in [6, 6.07) is 2.67. The quantitative estimate of drug-likeness (QED) is 0.793. The molecule has 1 N–H and O–H groups in total. The van der Waals surface area contributed by atoms with E-state index in [2.05, 4.69) is 0 Å². The van der Waals surface area contributed by atoms with Crippen LogP contribution in [-0.4, -0.2) is 10.9 Å². The van der Waals surface area contributed by atoms with Crippen molar-refractivity contribution in [3.05, 3.63) is 29.1 Å². The number of rotatable bonds is 4. The molecule has 1 aromatic carbocycles. The lowest BCUT2D eigenvalue weighted by Crippen LogP contribution is -2.02. The van der Waals surface area contributed by atoms with Crippen molar-refractivity contribution >= 4 is 5.78 Å². The van der Waals surface area contributed by atoms with Gasteiger partial charge in [-0.15, -0.1) is 0 Å². The van der Waals surface area contributed by atoms with Gasteiger partial charge in [-0.3, -0.25) is 4.79 Å². The molecule has 0 spiro atoms. The molecule has 0 radical (unpaired) electrons. The topological polar surface area (TPSA) is 37.3 Å². The fourth-order valence-corrected chi connectivity index (χ4v) is 1.93. The lowest BCUT2D eigenvalue weighted by molar-refractivity contribution is 0.0979. The van der Waals surface area contributed by atoms with Crippen LogP contribution >= 0.6 is 0 Å². The molecule has 1 saturated carbocycles. The first-order chi connectivity index (χ1) is 7.65. The van der Waals surface area contributed by atoms with E-state index in [9.17, 15) is 14.3 Å². The van der Waals surface area contributed by atoms with Crippen molar-refractivity contribution in [2.45, 2.75) is 38.5 Å². The Morgan fingerprint density at radius 1 is 1.50 bits per heavy atom. The van der Waals surface area contributed by atoms with E-state index >= 15 is 0 Å². The third kappa shape index (κ3) is 1.94. The van der Waals surface area contributed by atoms with Gasteiger partial charge in [0, 0.05) is 12.0 Å². The maximum atomic E-state index is 13.5. The van der Waals surface area contributed by atoms with Crippen LogP contribution in [0, 0.1) is 5.82 Å². The van der Waals surface area contributed by atoms with E-state index in [1.807, 2.05) is 6.92 Å². The lowest BCUT2D eigenvalue weighted by Gasteiger charge is -2.09. The van der Waals surface area contributed by atoms with Crippen LogP contribution in [0.2, 0.25) is 0 Å². The first-order valence-electron chi connectivity index (χ1n) is 5.69. The van der Waals surface area contributed by atoms with Crippen molar-refractivity contribution in [1.29, 1.82) is 0 Å². The Kier molecular flexibility index (Phi) is 2.95. The summed E-state index contributed by atoms with van der Waals surface area (Å²) in [5.41, 5.74) is 0.604. The molecule has 3 heteroatoms. The van der Waals surface area contributed by atoms with Crippen LogP contribution in [-0.2, 0) is 0 Å². The number of benzene rings is 1. The van der Waals surface area contributed by atoms with E-state index in [1.165, 1.54) is 12.1 Å². The summed E-state index contributed by atoms with van der Waals surface area (Å²) < 4.78 is 13.5. The molecular weight excluding hydrogens is 207 g/mol. The Morgan fingerprint density at radius 2 is 2.19 bits per heavy atom. The molecule has 0 heterocycles. The highest BCUT2D eigenvalue weighted by molar-refractivity contribution is 5.99. The average Bonchev–Trinajstić information content (AvgIpc) is 3.02. The summed E-state index contributed by atoms with van der Waals surface area (Å²) in [6.07, 6.45) is 2.92. The zero-order valence-electron chi connectivity index (χ0n) is 9.29. The van der Waals surface area contributed by atoms with Crippen molar-refractivity contribution < 1.29 is 14.3 Å². The molecule has 0 unspecified atom stereocenters. The molecule has 0 saturated heterocycles. The number of aromatic hydroxyl groups is 1. The van der Waals surface area contributed by atoms with E-state index in [-0.39, 0.29) is 23.0 Å². The molecule has 1 aliphatic carbocycles. The van der Waals surface area contributed by atoms with Gasteiger partial charge in [-0.1, -0.05) is 6.92 Å². The summed E-state index contributed by atoms with van der Waals surface area (Å²) in [5.74, 6) is -0.537. The minimum Gasteiger partial charge on any atom is -0.507 e. The van der Waals surface area contributed by atoms with Crippen molar-refractivity contribution in [2.24, 2.45) is 0 Å². The van der Waals surface area contributed by atoms with E-state index < -0.39 is 5.82 Å². The summed E-state index contributed by atoms with van der Waals surface area (Å²) in [6.45, 7) is 1.90. The maximum Gasteiger partial charge on any atom is 0.166 e. The number of carbonyl (C=O) groups is 1. The van der Waals surface area contributed by atoms with Gasteiger partial charge in [-0.2, -0.15) is 0 Å². The first-order valence-corrected chi connectivity index (χ1v) is 5.69. The summed E-state index contributed by atoms with van der Waals surface area (Å²) in [5, 5.41) is 9.92. The molecule has 0 aliphatic heterocycles. The standard InChI is InChI=1S/C13H15FO2/c1-2-3-11(15)9-6-7-10(14)12(13(9)16)8-4-5-8/h6-8,16H,2-5H2,1H3. The molecule has 1 aromatic rings. The Labute approximate surface area is 94.1 Å². The lowest BCUT2D eigenvalue weighted by atomic mass is 9.99. The van der Waals surface area contributed by atoms with Crippen LogP contribution in [0.25, 0.3) is 0 Å². The Balaban J connectivity index is 2.39. The molecule has 16 heavy (non-hydrogen) atoms. The van der Waals surface area contributed by atoms with Gasteiger partial charge in [0.1, 0.15) is 11.6 Å². The predicted molar refractivity (Wildman–Crippen MR) is 59.3 cm³/mol. The number of phenolic OH excluding ortho intramolecular Hbond substituents is 1. The molecule has 0 amide bonds. The van der Waals surface area contributed by atoms with E-state index in [4.69, 9.17) is 0 Å². The number of phenols is 1. The molecule has 0 aromatic heterocycles. The largest absolute Gasteiger partial charge is 0.507 e. The second-order valence-electron chi connectivity index (χ2n) is 4.30. The average molecular weight is 222 g/mol. The van der Waals surface area contributed by atoms with Crippen molar-refractivity contribution in [3.63, 3.8) is 0 Å². The molecular formula is C13H15FO2. The van der Waals surface area contributed by atoms with Crippen LogP contribution in [0.1, 0.15) is 54.4 Å². The summed E-state index contributed by atoms with van der Waals surface area (Å²) in [7, 11) is 0. The van der Waals surface area contributed by atoms with Gasteiger partial charge >= 0.3 is 0 Å². The van der Waals surface area contributed by atoms with Crippen LogP contribution < -0.4 is 0 Å². The van der Waals surface area contributed by atoms with Crippen molar-refractivity contribution in [1.82, 2.24) is 0 Å². The van der Waals surface area contributed by atoms with Gasteiger partial charge in [-0.25, -0.2) is 4.39 Å². The Bertz CT molecular complexity index is 422. The summed E-state index contributed by atoms with van der Waals surface area (Å²) in [4.78, 5) is 11.7. The fourth-order valence-electron chi connectivity index (χ4n) is 1.93. The minimum absolute atomic E-state index is 0.106.